The summed E-state index contributed by atoms with van der Waals surface area (Å²) in [5.74, 6) is 0.0820. The number of anilines is 2. The number of piperazine rings is 1. The van der Waals surface area contributed by atoms with Gasteiger partial charge in [-0.05, 0) is 37.1 Å². The van der Waals surface area contributed by atoms with Crippen molar-refractivity contribution >= 4 is 28.9 Å². The molecule has 1 amide bonds. The Morgan fingerprint density at radius 1 is 1.08 bits per heavy atom. The second kappa shape index (κ2) is 7.89. The number of carbonyl (C=O) groups is 1. The van der Waals surface area contributed by atoms with Gasteiger partial charge >= 0.3 is 0 Å². The summed E-state index contributed by atoms with van der Waals surface area (Å²) in [4.78, 5) is 16.0. The smallest absolute Gasteiger partial charge is 0.279 e. The Hall–Kier alpha value is -2.04. The van der Waals surface area contributed by atoms with Crippen molar-refractivity contribution < 1.29 is 9.69 Å². The Balaban J connectivity index is 1.54. The number of para-hydroxylation sites is 2. The monoisotopic (exact) mass is 358 g/mol. The minimum absolute atomic E-state index is 0.0820. The lowest BCUT2D eigenvalue weighted by Gasteiger charge is -2.33. The van der Waals surface area contributed by atoms with Gasteiger partial charge in [0, 0.05) is 5.69 Å². The molecule has 0 bridgehead atoms. The molecule has 0 aliphatic carbocycles. The number of carbonyl (C=O) groups excluding carboxylic acids is 1. The Kier molecular flexibility index (Phi) is 5.61. The van der Waals surface area contributed by atoms with Gasteiger partial charge in [0.25, 0.3) is 5.91 Å². The van der Waals surface area contributed by atoms with Gasteiger partial charge in [-0.2, -0.15) is 0 Å². The predicted octanol–water partition coefficient (Wildman–Crippen LogP) is 2.30. The lowest BCUT2D eigenvalue weighted by molar-refractivity contribution is -0.892. The number of rotatable bonds is 4. The number of hydrogen-bond acceptors (Lipinski definition) is 2. The third kappa shape index (κ3) is 4.33. The number of nitrogens with zero attached hydrogens (tertiary/aromatic N) is 1. The lowest BCUT2D eigenvalue weighted by atomic mass is 10.1. The van der Waals surface area contributed by atoms with Crippen LogP contribution in [-0.2, 0) is 4.79 Å². The highest BCUT2D eigenvalue weighted by atomic mass is 35.5. The molecule has 2 aromatic rings. The predicted molar refractivity (Wildman–Crippen MR) is 104 cm³/mol. The topological polar surface area (TPSA) is 36.8 Å². The van der Waals surface area contributed by atoms with Crippen molar-refractivity contribution in [2.24, 2.45) is 0 Å². The second-order valence-electron chi connectivity index (χ2n) is 6.68. The van der Waals surface area contributed by atoms with Crippen molar-refractivity contribution in [3.63, 3.8) is 0 Å². The maximum absolute atomic E-state index is 12.4. The van der Waals surface area contributed by atoms with Gasteiger partial charge in [0.1, 0.15) is 0 Å². The fourth-order valence-corrected chi connectivity index (χ4v) is 3.63. The normalized spacial score (nSPS) is 15.2. The number of benzene rings is 2. The highest BCUT2D eigenvalue weighted by Crippen LogP contribution is 2.24. The van der Waals surface area contributed by atoms with Gasteiger partial charge in [-0.3, -0.25) is 4.79 Å². The fraction of sp³-hybridized carbons (Fsp3) is 0.350. The molecule has 1 saturated heterocycles. The van der Waals surface area contributed by atoms with Gasteiger partial charge in [0.05, 0.1) is 36.9 Å². The van der Waals surface area contributed by atoms with E-state index in [1.807, 2.05) is 50.2 Å². The molecular formula is C20H25ClN3O+. The van der Waals surface area contributed by atoms with E-state index in [-0.39, 0.29) is 5.91 Å². The van der Waals surface area contributed by atoms with Gasteiger partial charge < -0.3 is 15.1 Å². The van der Waals surface area contributed by atoms with Crippen LogP contribution in [0.15, 0.2) is 42.5 Å². The Morgan fingerprint density at radius 3 is 2.36 bits per heavy atom. The van der Waals surface area contributed by atoms with Crippen molar-refractivity contribution in [2.75, 3.05) is 42.9 Å². The first-order valence-electron chi connectivity index (χ1n) is 8.73. The van der Waals surface area contributed by atoms with E-state index < -0.39 is 0 Å². The van der Waals surface area contributed by atoms with Crippen LogP contribution in [0.2, 0.25) is 5.02 Å². The van der Waals surface area contributed by atoms with Crippen molar-refractivity contribution in [2.45, 2.75) is 13.8 Å². The second-order valence-corrected chi connectivity index (χ2v) is 7.09. The number of quaternary nitrogens is 1. The molecule has 0 spiro atoms. The minimum atomic E-state index is 0.0820. The van der Waals surface area contributed by atoms with Gasteiger partial charge in [-0.15, -0.1) is 0 Å². The van der Waals surface area contributed by atoms with Crippen LogP contribution < -0.4 is 15.1 Å². The molecule has 25 heavy (non-hydrogen) atoms. The SMILES string of the molecule is Cc1cccc(C)c1NC(=O)C[NH+]1CCN(c2ccccc2Cl)CC1. The minimum Gasteiger partial charge on any atom is -0.359 e. The van der Waals surface area contributed by atoms with Crippen LogP contribution in [0.3, 0.4) is 0 Å². The summed E-state index contributed by atoms with van der Waals surface area (Å²) in [6, 6.07) is 14.0. The van der Waals surface area contributed by atoms with Crippen molar-refractivity contribution in [3.05, 3.63) is 58.6 Å². The van der Waals surface area contributed by atoms with Crippen molar-refractivity contribution in [1.29, 1.82) is 0 Å². The molecule has 3 rings (SSSR count). The highest BCUT2D eigenvalue weighted by molar-refractivity contribution is 6.33. The molecule has 2 N–H and O–H groups in total. The number of aryl methyl sites for hydroxylation is 2. The number of hydrogen-bond donors (Lipinski definition) is 2. The van der Waals surface area contributed by atoms with E-state index >= 15 is 0 Å². The quantitative estimate of drug-likeness (QED) is 0.880. The average molecular weight is 359 g/mol. The Morgan fingerprint density at radius 2 is 1.72 bits per heavy atom. The van der Waals surface area contributed by atoms with Crippen molar-refractivity contribution in [3.8, 4) is 0 Å². The molecule has 1 heterocycles. The summed E-state index contributed by atoms with van der Waals surface area (Å²) < 4.78 is 0. The molecule has 0 atom stereocenters. The summed E-state index contributed by atoms with van der Waals surface area (Å²) in [6.07, 6.45) is 0. The summed E-state index contributed by atoms with van der Waals surface area (Å²) in [5.41, 5.74) is 4.24. The van der Waals surface area contributed by atoms with Crippen LogP contribution in [0.1, 0.15) is 11.1 Å². The highest BCUT2D eigenvalue weighted by Gasteiger charge is 2.23. The van der Waals surface area contributed by atoms with E-state index in [1.54, 1.807) is 0 Å². The summed E-state index contributed by atoms with van der Waals surface area (Å²) in [5, 5.41) is 3.87. The Bertz CT molecular complexity index is 734. The molecule has 1 fully saturated rings. The third-order valence-corrected chi connectivity index (χ3v) is 5.14. The standard InChI is InChI=1S/C20H24ClN3O/c1-15-6-5-7-16(2)20(15)22-19(25)14-23-10-12-24(13-11-23)18-9-4-3-8-17(18)21/h3-9H,10-14H2,1-2H3,(H,22,25)/p+1. The van der Waals surface area contributed by atoms with Gasteiger partial charge in [-0.1, -0.05) is 41.9 Å². The molecule has 0 unspecified atom stereocenters. The van der Waals surface area contributed by atoms with E-state index in [2.05, 4.69) is 16.3 Å². The molecule has 4 nitrogen and oxygen atoms in total. The molecule has 132 valence electrons. The average Bonchev–Trinajstić information content (AvgIpc) is 2.60. The van der Waals surface area contributed by atoms with Crippen LogP contribution in [0.25, 0.3) is 0 Å². The molecule has 0 saturated carbocycles. The third-order valence-electron chi connectivity index (χ3n) is 4.82. The number of nitrogens with one attached hydrogen (secondary N) is 2. The first-order chi connectivity index (χ1) is 12.0. The summed E-state index contributed by atoms with van der Waals surface area (Å²) in [7, 11) is 0. The van der Waals surface area contributed by atoms with Crippen LogP contribution in [0.5, 0.6) is 0 Å². The van der Waals surface area contributed by atoms with Crippen LogP contribution in [-0.4, -0.2) is 38.6 Å². The first-order valence-corrected chi connectivity index (χ1v) is 9.11. The zero-order valence-corrected chi connectivity index (χ0v) is 15.6. The molecule has 5 heteroatoms. The first kappa shape index (κ1) is 17.8. The van der Waals surface area contributed by atoms with E-state index in [1.165, 1.54) is 4.90 Å². The Labute approximate surface area is 154 Å². The molecule has 1 aliphatic heterocycles. The summed E-state index contributed by atoms with van der Waals surface area (Å²) in [6.45, 7) is 8.25. The van der Waals surface area contributed by atoms with E-state index in [9.17, 15) is 4.79 Å². The van der Waals surface area contributed by atoms with E-state index in [0.29, 0.717) is 6.54 Å². The van der Waals surface area contributed by atoms with E-state index in [0.717, 1.165) is 53.7 Å². The van der Waals surface area contributed by atoms with Gasteiger partial charge in [0.15, 0.2) is 6.54 Å². The number of halogens is 1. The largest absolute Gasteiger partial charge is 0.359 e. The molecular weight excluding hydrogens is 334 g/mol. The lowest BCUT2D eigenvalue weighted by Crippen LogP contribution is -3.15. The fourth-order valence-electron chi connectivity index (χ4n) is 3.37. The molecule has 2 aromatic carbocycles. The zero-order valence-electron chi connectivity index (χ0n) is 14.8. The zero-order chi connectivity index (χ0) is 17.8. The molecule has 1 aliphatic rings. The van der Waals surface area contributed by atoms with Gasteiger partial charge in [0.2, 0.25) is 0 Å². The van der Waals surface area contributed by atoms with Crippen LogP contribution in [0, 0.1) is 13.8 Å². The van der Waals surface area contributed by atoms with Crippen LogP contribution in [0.4, 0.5) is 11.4 Å². The maximum atomic E-state index is 12.4. The number of amides is 1. The molecule has 0 aromatic heterocycles. The van der Waals surface area contributed by atoms with E-state index in [4.69, 9.17) is 11.6 Å². The maximum Gasteiger partial charge on any atom is 0.279 e. The van der Waals surface area contributed by atoms with Crippen LogP contribution >= 0.6 is 11.6 Å². The summed E-state index contributed by atoms with van der Waals surface area (Å²) >= 11 is 6.29. The van der Waals surface area contributed by atoms with Crippen molar-refractivity contribution in [1.82, 2.24) is 0 Å². The van der Waals surface area contributed by atoms with Gasteiger partial charge in [-0.25, -0.2) is 0 Å². The molecule has 0 radical (unpaired) electrons.